The fraction of sp³-hybridized carbons (Fsp3) is 0.250. The Bertz CT molecular complexity index is 917. The molecule has 1 N–H and O–H groups in total. The summed E-state index contributed by atoms with van der Waals surface area (Å²) in [7, 11) is 1.61. The van der Waals surface area contributed by atoms with Crippen LogP contribution in [0, 0.1) is 0 Å². The molecule has 120 valence electrons. The Morgan fingerprint density at radius 3 is 2.87 bits per heavy atom. The maximum absolute atomic E-state index is 12.6. The first kappa shape index (κ1) is 14.9. The van der Waals surface area contributed by atoms with Gasteiger partial charge in [-0.1, -0.05) is 0 Å². The van der Waals surface area contributed by atoms with Gasteiger partial charge < -0.3 is 9.72 Å². The summed E-state index contributed by atoms with van der Waals surface area (Å²) < 4.78 is 44.1. The quantitative estimate of drug-likeness (QED) is 0.772. The van der Waals surface area contributed by atoms with Crippen LogP contribution in [0.2, 0.25) is 0 Å². The van der Waals surface area contributed by atoms with Gasteiger partial charge in [0.15, 0.2) is 11.3 Å². The molecule has 0 spiro atoms. The molecule has 3 aromatic heterocycles. The Morgan fingerprint density at radius 2 is 2.13 bits per heavy atom. The highest BCUT2D eigenvalue weighted by Gasteiger charge is 2.33. The number of nitrogens with one attached hydrogen (secondary N) is 1. The van der Waals surface area contributed by atoms with Crippen LogP contribution in [0.3, 0.4) is 0 Å². The van der Waals surface area contributed by atoms with Gasteiger partial charge in [0.1, 0.15) is 17.8 Å². The molecule has 0 bridgehead atoms. The minimum absolute atomic E-state index is 0.118. The van der Waals surface area contributed by atoms with E-state index in [2.05, 4.69) is 25.0 Å². The number of fused-ring (bicyclic) bond motifs is 1. The van der Waals surface area contributed by atoms with Crippen molar-refractivity contribution in [3.05, 3.63) is 40.3 Å². The molecule has 0 saturated carbocycles. The lowest BCUT2D eigenvalue weighted by molar-refractivity contribution is -0.141. The van der Waals surface area contributed by atoms with Crippen LogP contribution in [0.1, 0.15) is 11.5 Å². The fourth-order valence-corrected chi connectivity index (χ4v) is 1.85. The standard InChI is InChI=1S/C12H9F3N6O2/c1-21-9-6(4-17-21)10(22)20-8(19-9)5-23-11-16-3-2-7(18-11)12(13,14)15/h2-4H,5H2,1H3,(H,19,20,22). The summed E-state index contributed by atoms with van der Waals surface area (Å²) in [6, 6.07) is 0.266. The van der Waals surface area contributed by atoms with E-state index >= 15 is 0 Å². The minimum atomic E-state index is -4.60. The molecule has 0 aromatic carbocycles. The van der Waals surface area contributed by atoms with E-state index in [4.69, 9.17) is 4.74 Å². The lowest BCUT2D eigenvalue weighted by Gasteiger charge is -2.07. The van der Waals surface area contributed by atoms with Crippen molar-refractivity contribution in [2.45, 2.75) is 12.8 Å². The molecule has 11 heteroatoms. The molecule has 0 aliphatic carbocycles. The first-order valence-electron chi connectivity index (χ1n) is 6.28. The molecule has 0 aliphatic rings. The maximum atomic E-state index is 12.6. The zero-order valence-corrected chi connectivity index (χ0v) is 11.6. The zero-order chi connectivity index (χ0) is 16.6. The van der Waals surface area contributed by atoms with Gasteiger partial charge in [0.05, 0.1) is 6.20 Å². The van der Waals surface area contributed by atoms with Gasteiger partial charge in [-0.15, -0.1) is 0 Å². The Labute approximate surface area is 126 Å². The highest BCUT2D eigenvalue weighted by Crippen LogP contribution is 2.27. The zero-order valence-electron chi connectivity index (χ0n) is 11.6. The highest BCUT2D eigenvalue weighted by molar-refractivity contribution is 5.72. The van der Waals surface area contributed by atoms with Crippen molar-refractivity contribution < 1.29 is 17.9 Å². The topological polar surface area (TPSA) is 98.6 Å². The molecular weight excluding hydrogens is 317 g/mol. The minimum Gasteiger partial charge on any atom is -0.455 e. The summed E-state index contributed by atoms with van der Waals surface area (Å²) in [5.74, 6) is 0.118. The van der Waals surface area contributed by atoms with Gasteiger partial charge >= 0.3 is 12.2 Å². The highest BCUT2D eigenvalue weighted by atomic mass is 19.4. The van der Waals surface area contributed by atoms with Crippen molar-refractivity contribution in [2.75, 3.05) is 0 Å². The second-order valence-corrected chi connectivity index (χ2v) is 4.53. The number of aromatic nitrogens is 6. The average molecular weight is 326 g/mol. The Morgan fingerprint density at radius 1 is 1.35 bits per heavy atom. The molecule has 0 fully saturated rings. The van der Waals surface area contributed by atoms with Crippen LogP contribution < -0.4 is 10.3 Å². The first-order chi connectivity index (χ1) is 10.8. The van der Waals surface area contributed by atoms with Gasteiger partial charge in [-0.3, -0.25) is 9.48 Å². The van der Waals surface area contributed by atoms with Crippen LogP contribution in [0.15, 0.2) is 23.3 Å². The lowest BCUT2D eigenvalue weighted by Crippen LogP contribution is -2.15. The molecule has 0 atom stereocenters. The van der Waals surface area contributed by atoms with E-state index in [1.807, 2.05) is 0 Å². The van der Waals surface area contributed by atoms with Crippen molar-refractivity contribution in [1.82, 2.24) is 29.7 Å². The molecule has 23 heavy (non-hydrogen) atoms. The summed E-state index contributed by atoms with van der Waals surface area (Å²) in [5, 5.41) is 4.20. The molecule has 0 aliphatic heterocycles. The first-order valence-corrected chi connectivity index (χ1v) is 6.28. The summed E-state index contributed by atoms with van der Waals surface area (Å²) in [4.78, 5) is 25.3. The lowest BCUT2D eigenvalue weighted by atomic mass is 10.4. The molecule has 3 rings (SSSR count). The number of ether oxygens (including phenoxy) is 1. The third kappa shape index (κ3) is 2.98. The summed E-state index contributed by atoms with van der Waals surface area (Å²) in [5.41, 5.74) is -1.21. The number of rotatable bonds is 3. The predicted molar refractivity (Wildman–Crippen MR) is 70.5 cm³/mol. The van der Waals surface area contributed by atoms with E-state index in [0.717, 1.165) is 12.3 Å². The van der Waals surface area contributed by atoms with E-state index in [9.17, 15) is 18.0 Å². The van der Waals surface area contributed by atoms with Gasteiger partial charge in [-0.2, -0.15) is 23.3 Å². The van der Waals surface area contributed by atoms with Crippen molar-refractivity contribution in [3.8, 4) is 6.01 Å². The third-order valence-electron chi connectivity index (χ3n) is 2.91. The normalized spacial score (nSPS) is 11.8. The smallest absolute Gasteiger partial charge is 0.433 e. The molecule has 8 nitrogen and oxygen atoms in total. The monoisotopic (exact) mass is 326 g/mol. The van der Waals surface area contributed by atoms with E-state index in [-0.39, 0.29) is 12.4 Å². The average Bonchev–Trinajstić information content (AvgIpc) is 2.87. The largest absolute Gasteiger partial charge is 0.455 e. The van der Waals surface area contributed by atoms with Crippen LogP contribution >= 0.6 is 0 Å². The second kappa shape index (κ2) is 5.34. The number of aryl methyl sites for hydroxylation is 1. The third-order valence-corrected chi connectivity index (χ3v) is 2.91. The van der Waals surface area contributed by atoms with Gasteiger partial charge in [0.2, 0.25) is 0 Å². The van der Waals surface area contributed by atoms with E-state index in [1.165, 1.54) is 10.9 Å². The molecule has 0 radical (unpaired) electrons. The summed E-state index contributed by atoms with van der Waals surface area (Å²) in [6.45, 7) is -0.294. The van der Waals surface area contributed by atoms with Crippen LogP contribution in [0.4, 0.5) is 13.2 Å². The Balaban J connectivity index is 1.84. The number of halogens is 3. The van der Waals surface area contributed by atoms with Crippen molar-refractivity contribution in [2.24, 2.45) is 7.05 Å². The van der Waals surface area contributed by atoms with Crippen molar-refractivity contribution >= 4 is 11.0 Å². The summed E-state index contributed by atoms with van der Waals surface area (Å²) >= 11 is 0. The molecule has 0 amide bonds. The Kier molecular flexibility index (Phi) is 3.47. The van der Waals surface area contributed by atoms with Crippen LogP contribution in [-0.2, 0) is 19.8 Å². The Hall–Kier alpha value is -2.98. The van der Waals surface area contributed by atoms with Crippen LogP contribution in [0.5, 0.6) is 6.01 Å². The second-order valence-electron chi connectivity index (χ2n) is 4.53. The predicted octanol–water partition coefficient (Wildman–Crippen LogP) is 1.04. The van der Waals surface area contributed by atoms with Gasteiger partial charge in [-0.25, -0.2) is 9.97 Å². The molecular formula is C12H9F3N6O2. The van der Waals surface area contributed by atoms with E-state index in [0.29, 0.717) is 11.0 Å². The number of nitrogens with zero attached hydrogens (tertiary/aromatic N) is 5. The molecule has 3 heterocycles. The van der Waals surface area contributed by atoms with Gasteiger partial charge in [-0.05, 0) is 6.07 Å². The number of hydrogen-bond donors (Lipinski definition) is 1. The van der Waals surface area contributed by atoms with Crippen LogP contribution in [0.25, 0.3) is 11.0 Å². The molecule has 0 unspecified atom stereocenters. The van der Waals surface area contributed by atoms with Crippen molar-refractivity contribution in [3.63, 3.8) is 0 Å². The summed E-state index contributed by atoms with van der Waals surface area (Å²) in [6.07, 6.45) is -2.30. The number of alkyl halides is 3. The van der Waals surface area contributed by atoms with Crippen molar-refractivity contribution in [1.29, 1.82) is 0 Å². The molecule has 0 saturated heterocycles. The number of hydrogen-bond acceptors (Lipinski definition) is 6. The number of aromatic amines is 1. The van der Waals surface area contributed by atoms with E-state index < -0.39 is 23.4 Å². The molecule has 3 aromatic rings. The number of H-pyrrole nitrogens is 1. The SMILES string of the molecule is Cn1ncc2c(=O)[nH]c(COc3nccc(C(F)(F)F)n3)nc21. The van der Waals surface area contributed by atoms with E-state index in [1.54, 1.807) is 7.05 Å². The van der Waals surface area contributed by atoms with Gasteiger partial charge in [0.25, 0.3) is 5.56 Å². The van der Waals surface area contributed by atoms with Gasteiger partial charge in [0, 0.05) is 13.2 Å². The fourth-order valence-electron chi connectivity index (χ4n) is 1.85. The maximum Gasteiger partial charge on any atom is 0.433 e. The van der Waals surface area contributed by atoms with Crippen LogP contribution in [-0.4, -0.2) is 29.7 Å².